The first-order valence-electron chi connectivity index (χ1n) is 10.5. The maximum absolute atomic E-state index is 15.1. The fourth-order valence-corrected chi connectivity index (χ4v) is 4.87. The number of benzene rings is 1. The van der Waals surface area contributed by atoms with Crippen molar-refractivity contribution in [1.82, 2.24) is 23.8 Å². The van der Waals surface area contributed by atoms with Crippen molar-refractivity contribution >= 4 is 21.9 Å². The molecule has 2 heterocycles. The van der Waals surface area contributed by atoms with Crippen LogP contribution in [0, 0.1) is 5.82 Å². The van der Waals surface area contributed by atoms with Crippen molar-refractivity contribution in [3.8, 4) is 0 Å². The zero-order chi connectivity index (χ0) is 23.5. The molecule has 2 atom stereocenters. The van der Waals surface area contributed by atoms with Crippen LogP contribution in [0.1, 0.15) is 19.4 Å². The molecule has 1 fully saturated rings. The smallest absolute Gasteiger partial charge is 0.294 e. The van der Waals surface area contributed by atoms with E-state index in [0.717, 1.165) is 0 Å². The first kappa shape index (κ1) is 24.2. The lowest BCUT2D eigenvalue weighted by Crippen LogP contribution is -2.55. The van der Waals surface area contributed by atoms with E-state index >= 15 is 4.39 Å². The highest BCUT2D eigenvalue weighted by Gasteiger charge is 2.32. The molecule has 3 rings (SSSR count). The maximum Gasteiger partial charge on any atom is 0.340 e. The van der Waals surface area contributed by atoms with Crippen LogP contribution < -0.4 is 10.9 Å². The average Bonchev–Trinajstić information content (AvgIpc) is 2.75. The molecule has 11 heteroatoms. The van der Waals surface area contributed by atoms with E-state index in [-0.39, 0.29) is 17.8 Å². The molecule has 0 spiro atoms. The summed E-state index contributed by atoms with van der Waals surface area (Å²) in [6.45, 7) is 5.32. The van der Waals surface area contributed by atoms with Gasteiger partial charge in [-0.1, -0.05) is 24.3 Å². The highest BCUT2D eigenvalue weighted by molar-refractivity contribution is 7.86. The molecule has 1 aromatic carbocycles. The van der Waals surface area contributed by atoms with Gasteiger partial charge in [-0.05, 0) is 26.0 Å². The largest absolute Gasteiger partial charge is 0.340 e. The average molecular weight is 467 g/mol. The summed E-state index contributed by atoms with van der Waals surface area (Å²) in [5, 5.41) is 0. The summed E-state index contributed by atoms with van der Waals surface area (Å²) in [6, 6.07) is 4.40. The van der Waals surface area contributed by atoms with Crippen LogP contribution in [0.4, 0.5) is 14.9 Å². The number of carbonyl (C=O) groups is 1. The van der Waals surface area contributed by atoms with Crippen LogP contribution in [0.5, 0.6) is 0 Å². The highest BCUT2D eigenvalue weighted by Crippen LogP contribution is 2.22. The number of amides is 2. The van der Waals surface area contributed by atoms with Crippen LogP contribution in [0.2, 0.25) is 0 Å². The minimum Gasteiger partial charge on any atom is -0.294 e. The number of piperazine rings is 1. The Morgan fingerprint density at radius 1 is 1.22 bits per heavy atom. The van der Waals surface area contributed by atoms with E-state index in [1.165, 1.54) is 27.6 Å². The summed E-state index contributed by atoms with van der Waals surface area (Å²) in [5.74, 6) is -0.453. The molecule has 32 heavy (non-hydrogen) atoms. The molecule has 2 amide bonds. The third-order valence-corrected chi connectivity index (χ3v) is 7.60. The number of rotatable bonds is 6. The quantitative estimate of drug-likeness (QED) is 0.626. The molecule has 2 aliphatic rings. The van der Waals surface area contributed by atoms with Gasteiger partial charge in [0.1, 0.15) is 0 Å². The Balaban J connectivity index is 1.62. The standard InChI is InChI=1S/C21H31FN6O3S/c1-16-8-5-6-11-28(16)21(29)24-23-19-10-7-9-18(20(19)22)15-26-12-13-27(14-17(26)2)32(30,31)25(3)4/h5-11,16-17,23H,12-15H2,1-4H3,(H,24,29)/t16?,17-/m0/s1. The van der Waals surface area contributed by atoms with Gasteiger partial charge in [0.2, 0.25) is 0 Å². The summed E-state index contributed by atoms with van der Waals surface area (Å²) in [7, 11) is -0.446. The van der Waals surface area contributed by atoms with Crippen molar-refractivity contribution < 1.29 is 17.6 Å². The number of halogens is 1. The van der Waals surface area contributed by atoms with Crippen LogP contribution in [0.15, 0.2) is 42.6 Å². The molecule has 0 saturated carbocycles. The van der Waals surface area contributed by atoms with Crippen LogP contribution >= 0.6 is 0 Å². The van der Waals surface area contributed by atoms with Crippen molar-refractivity contribution in [1.29, 1.82) is 0 Å². The lowest BCUT2D eigenvalue weighted by molar-refractivity contribution is 0.118. The van der Waals surface area contributed by atoms with E-state index in [4.69, 9.17) is 0 Å². The number of allylic oxidation sites excluding steroid dienone is 2. The van der Waals surface area contributed by atoms with E-state index in [0.29, 0.717) is 31.7 Å². The number of nitrogens with zero attached hydrogens (tertiary/aromatic N) is 4. The molecule has 0 aliphatic carbocycles. The molecule has 0 radical (unpaired) electrons. The van der Waals surface area contributed by atoms with Gasteiger partial charge in [0.25, 0.3) is 10.2 Å². The Labute approximate surface area is 189 Å². The Hall–Kier alpha value is -2.47. The minimum atomic E-state index is -3.47. The zero-order valence-corrected chi connectivity index (χ0v) is 19.6. The van der Waals surface area contributed by atoms with E-state index < -0.39 is 22.1 Å². The molecule has 1 unspecified atom stereocenters. The summed E-state index contributed by atoms with van der Waals surface area (Å²) in [6.07, 6.45) is 7.16. The molecule has 2 N–H and O–H groups in total. The van der Waals surface area contributed by atoms with E-state index in [2.05, 4.69) is 15.8 Å². The second kappa shape index (κ2) is 9.99. The van der Waals surface area contributed by atoms with Crippen LogP contribution in [-0.4, -0.2) is 78.7 Å². The first-order valence-corrected chi connectivity index (χ1v) is 11.9. The molecule has 1 aromatic rings. The van der Waals surface area contributed by atoms with Crippen LogP contribution in [0.3, 0.4) is 0 Å². The molecule has 9 nitrogen and oxygen atoms in total. The summed E-state index contributed by atoms with van der Waals surface area (Å²) in [4.78, 5) is 15.9. The number of anilines is 1. The Bertz CT molecular complexity index is 997. The fourth-order valence-electron chi connectivity index (χ4n) is 3.69. The lowest BCUT2D eigenvalue weighted by Gasteiger charge is -2.40. The van der Waals surface area contributed by atoms with Gasteiger partial charge in [0.05, 0.1) is 11.7 Å². The van der Waals surface area contributed by atoms with Crippen molar-refractivity contribution in [2.24, 2.45) is 0 Å². The summed E-state index contributed by atoms with van der Waals surface area (Å²) < 4.78 is 42.5. The second-order valence-electron chi connectivity index (χ2n) is 8.18. The fraction of sp³-hybridized carbons (Fsp3) is 0.476. The summed E-state index contributed by atoms with van der Waals surface area (Å²) >= 11 is 0. The van der Waals surface area contributed by atoms with Crippen molar-refractivity contribution in [3.05, 3.63) is 54.0 Å². The highest BCUT2D eigenvalue weighted by atomic mass is 32.2. The monoisotopic (exact) mass is 466 g/mol. The van der Waals surface area contributed by atoms with Crippen LogP contribution in [0.25, 0.3) is 0 Å². The number of hydrazine groups is 1. The van der Waals surface area contributed by atoms with Gasteiger partial charge >= 0.3 is 6.03 Å². The van der Waals surface area contributed by atoms with Gasteiger partial charge in [-0.3, -0.25) is 20.7 Å². The molecule has 0 bridgehead atoms. The number of hydrogen-bond donors (Lipinski definition) is 2. The van der Waals surface area contributed by atoms with Crippen LogP contribution in [-0.2, 0) is 16.8 Å². The summed E-state index contributed by atoms with van der Waals surface area (Å²) in [5.41, 5.74) is 5.84. The Morgan fingerprint density at radius 2 is 1.97 bits per heavy atom. The van der Waals surface area contributed by atoms with E-state index in [1.54, 1.807) is 30.5 Å². The third kappa shape index (κ3) is 5.29. The predicted octanol–water partition coefficient (Wildman–Crippen LogP) is 1.95. The predicted molar refractivity (Wildman–Crippen MR) is 122 cm³/mol. The second-order valence-corrected chi connectivity index (χ2v) is 10.3. The molecule has 0 aromatic heterocycles. The third-order valence-electron chi connectivity index (χ3n) is 5.69. The van der Waals surface area contributed by atoms with Crippen molar-refractivity contribution in [3.63, 3.8) is 0 Å². The van der Waals surface area contributed by atoms with E-state index in [1.807, 2.05) is 26.0 Å². The molecule has 1 saturated heterocycles. The number of hydrogen-bond acceptors (Lipinski definition) is 5. The normalized spacial score (nSPS) is 22.4. The van der Waals surface area contributed by atoms with Crippen molar-refractivity contribution in [2.75, 3.05) is 39.2 Å². The Kier molecular flexibility index (Phi) is 7.55. The Morgan fingerprint density at radius 3 is 2.62 bits per heavy atom. The number of nitrogens with one attached hydrogen (secondary N) is 2. The molecule has 176 valence electrons. The zero-order valence-electron chi connectivity index (χ0n) is 18.8. The van der Waals surface area contributed by atoms with Gasteiger partial charge in [-0.2, -0.15) is 17.0 Å². The van der Waals surface area contributed by atoms with Gasteiger partial charge in [-0.15, -0.1) is 0 Å². The van der Waals surface area contributed by atoms with Gasteiger partial charge in [0.15, 0.2) is 5.82 Å². The SMILES string of the molecule is CC1C=CC=CN1C(=O)NNc1cccc(CN2CCN(S(=O)(=O)N(C)C)C[C@@H]2C)c1F. The number of urea groups is 1. The number of carbonyl (C=O) groups excluding carboxylic acids is 1. The van der Waals surface area contributed by atoms with E-state index in [9.17, 15) is 13.2 Å². The maximum atomic E-state index is 15.1. The molecular formula is C21H31FN6O3S. The van der Waals surface area contributed by atoms with Crippen molar-refractivity contribution in [2.45, 2.75) is 32.5 Å². The lowest BCUT2D eigenvalue weighted by atomic mass is 10.1. The van der Waals surface area contributed by atoms with Gasteiger partial charge < -0.3 is 0 Å². The van der Waals surface area contributed by atoms with Gasteiger partial charge in [-0.25, -0.2) is 9.18 Å². The molecule has 2 aliphatic heterocycles. The minimum absolute atomic E-state index is 0.0744. The molecular weight excluding hydrogens is 435 g/mol. The van der Waals surface area contributed by atoms with Gasteiger partial charge in [0, 0.05) is 58.1 Å². The topological polar surface area (TPSA) is 88.2 Å². The first-order chi connectivity index (χ1) is 15.1.